The first-order valence-electron chi connectivity index (χ1n) is 7.76. The van der Waals surface area contributed by atoms with Gasteiger partial charge in [0.2, 0.25) is 5.91 Å². The van der Waals surface area contributed by atoms with Crippen LogP contribution in [0.25, 0.3) is 0 Å². The molecule has 118 valence electrons. The Morgan fingerprint density at radius 3 is 2.64 bits per heavy atom. The van der Waals surface area contributed by atoms with Gasteiger partial charge in [-0.15, -0.1) is 0 Å². The topological polar surface area (TPSA) is 46.6 Å². The number of esters is 1. The largest absolute Gasteiger partial charge is 0.466 e. The molecule has 0 unspecified atom stereocenters. The summed E-state index contributed by atoms with van der Waals surface area (Å²) in [6, 6.07) is 10.2. The minimum Gasteiger partial charge on any atom is -0.466 e. The molecule has 0 saturated heterocycles. The van der Waals surface area contributed by atoms with Crippen molar-refractivity contribution in [2.75, 3.05) is 13.7 Å². The molecule has 0 saturated carbocycles. The van der Waals surface area contributed by atoms with Crippen LogP contribution < -0.4 is 0 Å². The van der Waals surface area contributed by atoms with Crippen LogP contribution in [0.3, 0.4) is 0 Å². The maximum absolute atomic E-state index is 12.4. The molecule has 4 nitrogen and oxygen atoms in total. The number of hydrogen-bond acceptors (Lipinski definition) is 3. The molecule has 1 aromatic carbocycles. The van der Waals surface area contributed by atoms with Crippen molar-refractivity contribution < 1.29 is 14.3 Å². The Morgan fingerprint density at radius 1 is 1.23 bits per heavy atom. The van der Waals surface area contributed by atoms with Crippen molar-refractivity contribution in [1.29, 1.82) is 0 Å². The van der Waals surface area contributed by atoms with Gasteiger partial charge >= 0.3 is 5.97 Å². The van der Waals surface area contributed by atoms with Gasteiger partial charge < -0.3 is 9.64 Å². The van der Waals surface area contributed by atoms with Crippen molar-refractivity contribution in [3.63, 3.8) is 0 Å². The van der Waals surface area contributed by atoms with E-state index in [1.165, 1.54) is 5.56 Å². The first-order chi connectivity index (χ1) is 10.6. The van der Waals surface area contributed by atoms with Crippen molar-refractivity contribution in [1.82, 2.24) is 4.90 Å². The van der Waals surface area contributed by atoms with Gasteiger partial charge in [-0.05, 0) is 25.3 Å². The molecule has 0 spiro atoms. The van der Waals surface area contributed by atoms with Crippen LogP contribution in [-0.2, 0) is 20.7 Å². The summed E-state index contributed by atoms with van der Waals surface area (Å²) < 4.78 is 4.91. The second kappa shape index (κ2) is 7.78. The molecule has 1 aliphatic rings. The summed E-state index contributed by atoms with van der Waals surface area (Å²) in [5.41, 5.74) is 1.21. The smallest absolute Gasteiger partial charge is 0.305 e. The van der Waals surface area contributed by atoms with Gasteiger partial charge in [0.1, 0.15) is 0 Å². The van der Waals surface area contributed by atoms with E-state index in [1.54, 1.807) is 11.8 Å². The lowest BCUT2D eigenvalue weighted by Gasteiger charge is -2.32. The van der Waals surface area contributed by atoms with E-state index in [1.807, 2.05) is 31.3 Å². The summed E-state index contributed by atoms with van der Waals surface area (Å²) in [6.45, 7) is 2.16. The molecule has 4 heteroatoms. The van der Waals surface area contributed by atoms with E-state index in [2.05, 4.69) is 18.2 Å². The molecule has 0 bridgehead atoms. The minimum absolute atomic E-state index is 0.0766. The van der Waals surface area contributed by atoms with E-state index in [0.717, 1.165) is 6.42 Å². The zero-order valence-corrected chi connectivity index (χ0v) is 13.2. The van der Waals surface area contributed by atoms with Crippen molar-refractivity contribution in [2.24, 2.45) is 5.92 Å². The van der Waals surface area contributed by atoms with Crippen LogP contribution in [0.15, 0.2) is 42.5 Å². The molecule has 1 aliphatic heterocycles. The number of hydrogen-bond donors (Lipinski definition) is 0. The van der Waals surface area contributed by atoms with Crippen LogP contribution in [0.2, 0.25) is 0 Å². The lowest BCUT2D eigenvalue weighted by molar-refractivity contribution is -0.143. The number of nitrogens with zero attached hydrogens (tertiary/aromatic N) is 1. The lowest BCUT2D eigenvalue weighted by atomic mass is 9.93. The standard InChI is InChI=1S/C18H23NO3/c1-3-22-17(20)12-10-15-9-11-16(19(2)18(15)21)13-14-7-5-4-6-8-14/h4-9,11,15-16H,3,10,12-13H2,1-2H3/t15-,16-/m1/s1. The molecule has 0 aromatic heterocycles. The van der Waals surface area contributed by atoms with Gasteiger partial charge in [0.25, 0.3) is 0 Å². The van der Waals surface area contributed by atoms with E-state index < -0.39 is 0 Å². The van der Waals surface area contributed by atoms with Crippen LogP contribution in [0.5, 0.6) is 0 Å². The monoisotopic (exact) mass is 301 g/mol. The molecule has 22 heavy (non-hydrogen) atoms. The van der Waals surface area contributed by atoms with Crippen LogP contribution >= 0.6 is 0 Å². The molecular formula is C18H23NO3. The lowest BCUT2D eigenvalue weighted by Crippen LogP contribution is -2.43. The Hall–Kier alpha value is -2.10. The molecule has 2 atom stereocenters. The van der Waals surface area contributed by atoms with E-state index in [4.69, 9.17) is 4.74 Å². The van der Waals surface area contributed by atoms with E-state index >= 15 is 0 Å². The van der Waals surface area contributed by atoms with Crippen LogP contribution in [0.4, 0.5) is 0 Å². The number of carbonyl (C=O) groups excluding carboxylic acids is 2. The van der Waals surface area contributed by atoms with Gasteiger partial charge in [0.15, 0.2) is 0 Å². The van der Waals surface area contributed by atoms with E-state index in [-0.39, 0.29) is 30.3 Å². The van der Waals surface area contributed by atoms with Gasteiger partial charge in [0.05, 0.1) is 18.6 Å². The first kappa shape index (κ1) is 16.3. The fourth-order valence-corrected chi connectivity index (χ4v) is 2.69. The van der Waals surface area contributed by atoms with Crippen molar-refractivity contribution in [2.45, 2.75) is 32.2 Å². The summed E-state index contributed by atoms with van der Waals surface area (Å²) in [6.07, 6.45) is 5.62. The third kappa shape index (κ3) is 4.20. The SMILES string of the molecule is CCOC(=O)CC[C@H]1C=C[C@H](Cc2ccccc2)N(C)C1=O. The normalized spacial score (nSPS) is 21.0. The molecule has 0 aliphatic carbocycles. The van der Waals surface area contributed by atoms with Crippen LogP contribution in [0.1, 0.15) is 25.3 Å². The molecule has 2 rings (SSSR count). The highest BCUT2D eigenvalue weighted by molar-refractivity contribution is 5.82. The predicted molar refractivity (Wildman–Crippen MR) is 85.2 cm³/mol. The molecule has 0 radical (unpaired) electrons. The van der Waals surface area contributed by atoms with Gasteiger partial charge in [0, 0.05) is 13.5 Å². The second-order valence-electron chi connectivity index (χ2n) is 5.54. The zero-order chi connectivity index (χ0) is 15.9. The summed E-state index contributed by atoms with van der Waals surface area (Å²) in [4.78, 5) is 25.6. The Morgan fingerprint density at radius 2 is 1.95 bits per heavy atom. The number of carbonyl (C=O) groups is 2. The van der Waals surface area contributed by atoms with E-state index in [9.17, 15) is 9.59 Å². The van der Waals surface area contributed by atoms with Crippen LogP contribution in [0, 0.1) is 5.92 Å². The summed E-state index contributed by atoms with van der Waals surface area (Å²) >= 11 is 0. The van der Waals surface area contributed by atoms with E-state index in [0.29, 0.717) is 13.0 Å². The number of rotatable bonds is 6. The van der Waals surface area contributed by atoms with Gasteiger partial charge in [-0.1, -0.05) is 42.5 Å². The minimum atomic E-state index is -0.238. The number of benzene rings is 1. The molecule has 1 aromatic rings. The van der Waals surface area contributed by atoms with Gasteiger partial charge in [-0.2, -0.15) is 0 Å². The van der Waals surface area contributed by atoms with Crippen molar-refractivity contribution in [3.8, 4) is 0 Å². The summed E-state index contributed by atoms with van der Waals surface area (Å²) in [5, 5.41) is 0. The Balaban J connectivity index is 1.94. The molecular weight excluding hydrogens is 278 g/mol. The van der Waals surface area contributed by atoms with Gasteiger partial charge in [-0.25, -0.2) is 0 Å². The zero-order valence-electron chi connectivity index (χ0n) is 13.2. The average molecular weight is 301 g/mol. The predicted octanol–water partition coefficient (Wildman–Crippen LogP) is 2.59. The molecule has 1 heterocycles. The number of amides is 1. The quantitative estimate of drug-likeness (QED) is 0.599. The Kier molecular flexibility index (Phi) is 5.75. The second-order valence-corrected chi connectivity index (χ2v) is 5.54. The molecule has 0 fully saturated rings. The highest BCUT2D eigenvalue weighted by atomic mass is 16.5. The third-order valence-electron chi connectivity index (χ3n) is 3.98. The molecule has 1 amide bonds. The number of ether oxygens (including phenoxy) is 1. The van der Waals surface area contributed by atoms with Crippen molar-refractivity contribution in [3.05, 3.63) is 48.0 Å². The van der Waals surface area contributed by atoms with Crippen molar-refractivity contribution >= 4 is 11.9 Å². The summed E-state index contributed by atoms with van der Waals surface area (Å²) in [5.74, 6) is -0.382. The maximum atomic E-state index is 12.4. The Labute approximate surface area is 131 Å². The molecule has 0 N–H and O–H groups in total. The third-order valence-corrected chi connectivity index (χ3v) is 3.98. The maximum Gasteiger partial charge on any atom is 0.305 e. The van der Waals surface area contributed by atoms with Crippen LogP contribution in [-0.4, -0.2) is 36.5 Å². The average Bonchev–Trinajstić information content (AvgIpc) is 2.52. The Bertz CT molecular complexity index is 539. The van der Waals surface area contributed by atoms with Gasteiger partial charge in [-0.3, -0.25) is 9.59 Å². The number of likely N-dealkylation sites (N-methyl/N-ethyl adjacent to an activating group) is 1. The highest BCUT2D eigenvalue weighted by Gasteiger charge is 2.29. The first-order valence-corrected chi connectivity index (χ1v) is 7.76. The summed E-state index contributed by atoms with van der Waals surface area (Å²) in [7, 11) is 1.83. The highest BCUT2D eigenvalue weighted by Crippen LogP contribution is 2.22. The fourth-order valence-electron chi connectivity index (χ4n) is 2.69. The fraction of sp³-hybridized carbons (Fsp3) is 0.444.